The first kappa shape index (κ1) is 13.9. The van der Waals surface area contributed by atoms with Crippen molar-refractivity contribution in [2.24, 2.45) is 5.41 Å². The zero-order chi connectivity index (χ0) is 11.4. The van der Waals surface area contributed by atoms with E-state index in [-0.39, 0.29) is 5.41 Å². The van der Waals surface area contributed by atoms with Crippen molar-refractivity contribution in [3.05, 3.63) is 9.66 Å². The first-order chi connectivity index (χ1) is 6.34. The summed E-state index contributed by atoms with van der Waals surface area (Å²) in [5, 5.41) is 9.87. The predicted molar refractivity (Wildman–Crippen MR) is 64.2 cm³/mol. The highest BCUT2D eigenvalue weighted by Gasteiger charge is 2.30. The molecule has 0 bridgehead atoms. The Morgan fingerprint density at radius 1 is 1.57 bits per heavy atom. The van der Waals surface area contributed by atoms with Crippen molar-refractivity contribution in [3.8, 4) is 0 Å². The highest BCUT2D eigenvalue weighted by molar-refractivity contribution is 14.1. The molecule has 0 aliphatic carbocycles. The van der Waals surface area contributed by atoms with Gasteiger partial charge in [0.1, 0.15) is 0 Å². The number of halogens is 1. The topological polar surface area (TPSA) is 46.5 Å². The van der Waals surface area contributed by atoms with Crippen LogP contribution in [0.15, 0.2) is 9.66 Å². The fourth-order valence-electron chi connectivity index (χ4n) is 0.897. The summed E-state index contributed by atoms with van der Waals surface area (Å²) in [6, 6.07) is 0. The minimum Gasteiger partial charge on any atom is -0.463 e. The van der Waals surface area contributed by atoms with Crippen molar-refractivity contribution in [2.75, 3.05) is 6.61 Å². The fraction of sp³-hybridized carbons (Fsp3) is 0.700. The van der Waals surface area contributed by atoms with Crippen LogP contribution in [0.25, 0.3) is 0 Å². The number of carbonyl (C=O) groups excluding carboxylic acids is 1. The molecule has 1 atom stereocenters. The first-order valence-corrected chi connectivity index (χ1v) is 5.74. The largest absolute Gasteiger partial charge is 0.463 e. The van der Waals surface area contributed by atoms with Crippen LogP contribution in [0.3, 0.4) is 0 Å². The van der Waals surface area contributed by atoms with Crippen molar-refractivity contribution in [1.82, 2.24) is 0 Å². The summed E-state index contributed by atoms with van der Waals surface area (Å²) in [5.74, 6) is -0.440. The van der Waals surface area contributed by atoms with Crippen molar-refractivity contribution in [2.45, 2.75) is 33.8 Å². The van der Waals surface area contributed by atoms with Crippen LogP contribution in [0, 0.1) is 5.41 Å². The molecular formula is C10H17IO3. The maximum atomic E-state index is 11.4. The van der Waals surface area contributed by atoms with Crippen molar-refractivity contribution < 1.29 is 14.6 Å². The van der Waals surface area contributed by atoms with Gasteiger partial charge in [0.05, 0.1) is 18.3 Å². The second-order valence-corrected chi connectivity index (χ2v) is 4.68. The van der Waals surface area contributed by atoms with Gasteiger partial charge in [-0.05, 0) is 16.4 Å². The van der Waals surface area contributed by atoms with Crippen molar-refractivity contribution >= 4 is 28.6 Å². The highest BCUT2D eigenvalue weighted by atomic mass is 127. The van der Waals surface area contributed by atoms with Gasteiger partial charge in [0.25, 0.3) is 0 Å². The molecule has 0 rings (SSSR count). The molecule has 4 heteroatoms. The number of aliphatic hydroxyl groups excluding tert-OH is 1. The van der Waals surface area contributed by atoms with E-state index in [2.05, 4.69) is 0 Å². The number of hydrogen-bond donors (Lipinski definition) is 1. The third kappa shape index (κ3) is 3.96. The maximum Gasteiger partial charge on any atom is 0.337 e. The van der Waals surface area contributed by atoms with E-state index in [0.29, 0.717) is 12.2 Å². The van der Waals surface area contributed by atoms with E-state index >= 15 is 0 Å². The molecule has 0 spiro atoms. The predicted octanol–water partition coefficient (Wildman–Crippen LogP) is 2.28. The molecule has 0 amide bonds. The number of carbonyl (C=O) groups is 1. The van der Waals surface area contributed by atoms with Gasteiger partial charge >= 0.3 is 5.97 Å². The van der Waals surface area contributed by atoms with Gasteiger partial charge in [-0.25, -0.2) is 4.79 Å². The minimum atomic E-state index is -0.793. The molecule has 3 nitrogen and oxygen atoms in total. The lowest BCUT2D eigenvalue weighted by Crippen LogP contribution is -2.32. The standard InChI is InChI=1S/C10H17IO3/c1-5-14-9(13)7(6-11)8(12)10(2,3)4/h6,8,12H,5H2,1-4H3/b7-6-. The van der Waals surface area contributed by atoms with Crippen molar-refractivity contribution in [1.29, 1.82) is 0 Å². The van der Waals surface area contributed by atoms with E-state index in [4.69, 9.17) is 4.74 Å². The molecule has 0 aliphatic rings. The SMILES string of the molecule is CCOC(=O)/C(=C\I)C(O)C(C)(C)C. The van der Waals surface area contributed by atoms with E-state index < -0.39 is 12.1 Å². The Labute approximate surface area is 98.7 Å². The summed E-state index contributed by atoms with van der Waals surface area (Å²) >= 11 is 1.94. The number of hydrogen-bond acceptors (Lipinski definition) is 3. The second-order valence-electron chi connectivity index (χ2n) is 4.05. The van der Waals surface area contributed by atoms with E-state index in [0.717, 1.165) is 0 Å². The van der Waals surface area contributed by atoms with Gasteiger partial charge in [-0.15, -0.1) is 0 Å². The van der Waals surface area contributed by atoms with Crippen LogP contribution in [-0.4, -0.2) is 23.8 Å². The summed E-state index contributed by atoms with van der Waals surface area (Å²) in [7, 11) is 0. The average Bonchev–Trinajstić information content (AvgIpc) is 2.04. The van der Waals surface area contributed by atoms with E-state index in [1.165, 1.54) is 0 Å². The molecule has 0 fully saturated rings. The zero-order valence-corrected chi connectivity index (χ0v) is 11.2. The Morgan fingerprint density at radius 2 is 2.07 bits per heavy atom. The van der Waals surface area contributed by atoms with Gasteiger partial charge in [-0.1, -0.05) is 43.4 Å². The molecule has 1 unspecified atom stereocenters. The van der Waals surface area contributed by atoms with E-state index in [9.17, 15) is 9.90 Å². The van der Waals surface area contributed by atoms with Crippen LogP contribution in [0.4, 0.5) is 0 Å². The molecule has 0 aromatic heterocycles. The third-order valence-corrected chi connectivity index (χ3v) is 2.41. The summed E-state index contributed by atoms with van der Waals surface area (Å²) in [6.45, 7) is 7.68. The lowest BCUT2D eigenvalue weighted by molar-refractivity contribution is -0.140. The zero-order valence-electron chi connectivity index (χ0n) is 9.00. The molecule has 0 saturated heterocycles. The molecule has 82 valence electrons. The van der Waals surface area contributed by atoms with Gasteiger partial charge < -0.3 is 9.84 Å². The van der Waals surface area contributed by atoms with E-state index in [1.54, 1.807) is 11.0 Å². The Kier molecular flexibility index (Phi) is 5.66. The van der Waals surface area contributed by atoms with Gasteiger partial charge in [-0.3, -0.25) is 0 Å². The van der Waals surface area contributed by atoms with Gasteiger partial charge in [0.2, 0.25) is 0 Å². The molecule has 0 heterocycles. The van der Waals surface area contributed by atoms with Crippen molar-refractivity contribution in [3.63, 3.8) is 0 Å². The normalized spacial score (nSPS) is 15.1. The molecule has 0 aliphatic heterocycles. The van der Waals surface area contributed by atoms with Crippen LogP contribution in [0.1, 0.15) is 27.7 Å². The number of esters is 1. The first-order valence-electron chi connectivity index (χ1n) is 4.50. The summed E-state index contributed by atoms with van der Waals surface area (Å²) in [4.78, 5) is 11.4. The highest BCUT2D eigenvalue weighted by Crippen LogP contribution is 2.26. The molecule has 1 N–H and O–H groups in total. The van der Waals surface area contributed by atoms with E-state index in [1.807, 2.05) is 43.4 Å². The van der Waals surface area contributed by atoms with Crippen LogP contribution >= 0.6 is 22.6 Å². The fourth-order valence-corrected chi connectivity index (χ4v) is 1.49. The lowest BCUT2D eigenvalue weighted by atomic mass is 9.85. The minimum absolute atomic E-state index is 0.319. The van der Waals surface area contributed by atoms with Crippen LogP contribution in [0.2, 0.25) is 0 Å². The van der Waals surface area contributed by atoms with Gasteiger partial charge in [-0.2, -0.15) is 0 Å². The summed E-state index contributed by atoms with van der Waals surface area (Å²) < 4.78 is 6.41. The Morgan fingerprint density at radius 3 is 2.36 bits per heavy atom. The quantitative estimate of drug-likeness (QED) is 0.494. The maximum absolute atomic E-state index is 11.4. The number of ether oxygens (including phenoxy) is 1. The van der Waals surface area contributed by atoms with Crippen LogP contribution in [-0.2, 0) is 9.53 Å². The Balaban J connectivity index is 4.67. The third-order valence-electron chi connectivity index (χ3n) is 1.74. The Hall–Kier alpha value is -0.100. The Bertz CT molecular complexity index is 228. The number of aliphatic hydroxyl groups is 1. The second kappa shape index (κ2) is 5.70. The van der Waals surface area contributed by atoms with Crippen LogP contribution < -0.4 is 0 Å². The molecule has 0 aromatic rings. The molecule has 0 radical (unpaired) electrons. The molecule has 0 aromatic carbocycles. The average molecular weight is 312 g/mol. The van der Waals surface area contributed by atoms with Gasteiger partial charge in [0.15, 0.2) is 0 Å². The summed E-state index contributed by atoms with van der Waals surface area (Å²) in [5.41, 5.74) is -0.0380. The molecular weight excluding hydrogens is 295 g/mol. The molecule has 0 saturated carbocycles. The lowest BCUT2D eigenvalue weighted by Gasteiger charge is -2.26. The smallest absolute Gasteiger partial charge is 0.337 e. The molecule has 14 heavy (non-hydrogen) atoms. The van der Waals surface area contributed by atoms with Gasteiger partial charge in [0, 0.05) is 0 Å². The monoisotopic (exact) mass is 312 g/mol. The van der Waals surface area contributed by atoms with Crippen LogP contribution in [0.5, 0.6) is 0 Å². The number of rotatable bonds is 3. The summed E-state index contributed by atoms with van der Waals surface area (Å²) in [6.07, 6.45) is -0.793.